The van der Waals surface area contributed by atoms with Gasteiger partial charge in [0.2, 0.25) is 0 Å². The molecular formula is C26H40O9. The molecule has 0 radical (unpaired) electrons. The molecule has 12 atom stereocenters. The van der Waals surface area contributed by atoms with Gasteiger partial charge in [0.05, 0.1) is 24.7 Å². The molecule has 0 bridgehead atoms. The lowest BCUT2D eigenvalue weighted by Gasteiger charge is -2.61. The lowest BCUT2D eigenvalue weighted by atomic mass is 9.44. The van der Waals surface area contributed by atoms with E-state index >= 15 is 0 Å². The minimum atomic E-state index is -1.60. The first-order valence-corrected chi connectivity index (χ1v) is 12.5. The highest BCUT2D eigenvalue weighted by molar-refractivity contribution is 5.90. The fourth-order valence-electron chi connectivity index (χ4n) is 7.21. The van der Waals surface area contributed by atoms with Crippen molar-refractivity contribution in [3.8, 4) is 0 Å². The summed E-state index contributed by atoms with van der Waals surface area (Å²) in [5.74, 6) is -0.726. The molecule has 4 aliphatic rings. The third kappa shape index (κ3) is 4.24. The first kappa shape index (κ1) is 26.9. The molecule has 198 valence electrons. The second-order valence-electron chi connectivity index (χ2n) is 11.8. The Hall–Kier alpha value is -1.17. The molecular weight excluding hydrogens is 456 g/mol. The molecule has 9 nitrogen and oxygen atoms in total. The maximum absolute atomic E-state index is 13.4. The third-order valence-corrected chi connectivity index (χ3v) is 9.44. The SMILES string of the molecule is C=C[C@]1(C)C=C2[C@H](O)C[C@@H]3[C@](C)(C[C@@H](O)C(=O)[C@]3(C)CO[C@@H]3O[C@H](CO)[C@@H](O)[C@@H](O)[C@@H]3O)[C@H]2CC1. The first-order valence-electron chi connectivity index (χ1n) is 12.5. The van der Waals surface area contributed by atoms with Gasteiger partial charge >= 0.3 is 0 Å². The van der Waals surface area contributed by atoms with Crippen molar-refractivity contribution in [2.75, 3.05) is 13.2 Å². The zero-order chi connectivity index (χ0) is 25.9. The largest absolute Gasteiger partial charge is 0.394 e. The average molecular weight is 497 g/mol. The third-order valence-electron chi connectivity index (χ3n) is 9.44. The molecule has 1 saturated heterocycles. The minimum Gasteiger partial charge on any atom is -0.394 e. The van der Waals surface area contributed by atoms with Crippen molar-refractivity contribution >= 4 is 5.78 Å². The van der Waals surface area contributed by atoms with Crippen LogP contribution in [0.2, 0.25) is 0 Å². The summed E-state index contributed by atoms with van der Waals surface area (Å²) in [7, 11) is 0. The Labute approximate surface area is 206 Å². The van der Waals surface area contributed by atoms with E-state index in [9.17, 15) is 35.4 Å². The van der Waals surface area contributed by atoms with Gasteiger partial charge in [-0.05, 0) is 48.5 Å². The molecule has 1 heterocycles. The Kier molecular flexibility index (Phi) is 7.14. The summed E-state index contributed by atoms with van der Waals surface area (Å²) in [6.45, 7) is 9.00. The molecule has 0 aromatic rings. The smallest absolute Gasteiger partial charge is 0.186 e. The van der Waals surface area contributed by atoms with Crippen LogP contribution in [0.3, 0.4) is 0 Å². The molecule has 4 rings (SSSR count). The fourth-order valence-corrected chi connectivity index (χ4v) is 7.21. The Morgan fingerprint density at radius 3 is 2.43 bits per heavy atom. The van der Waals surface area contributed by atoms with Crippen LogP contribution in [0, 0.1) is 28.1 Å². The summed E-state index contributed by atoms with van der Waals surface area (Å²) in [6.07, 6.45) is -2.92. The van der Waals surface area contributed by atoms with Crippen molar-refractivity contribution in [2.24, 2.45) is 28.1 Å². The second-order valence-corrected chi connectivity index (χ2v) is 11.8. The summed E-state index contributed by atoms with van der Waals surface area (Å²) < 4.78 is 11.3. The van der Waals surface area contributed by atoms with E-state index in [0.717, 1.165) is 18.4 Å². The molecule has 0 aromatic carbocycles. The van der Waals surface area contributed by atoms with E-state index in [2.05, 4.69) is 26.5 Å². The van der Waals surface area contributed by atoms with Crippen molar-refractivity contribution in [3.05, 3.63) is 24.3 Å². The van der Waals surface area contributed by atoms with Crippen LogP contribution in [0.15, 0.2) is 24.3 Å². The van der Waals surface area contributed by atoms with Crippen molar-refractivity contribution in [2.45, 2.75) is 89.4 Å². The lowest BCUT2D eigenvalue weighted by molar-refractivity contribution is -0.308. The van der Waals surface area contributed by atoms with Gasteiger partial charge in [0.15, 0.2) is 12.1 Å². The van der Waals surface area contributed by atoms with Gasteiger partial charge in [0, 0.05) is 5.41 Å². The average Bonchev–Trinajstić information content (AvgIpc) is 2.83. The summed E-state index contributed by atoms with van der Waals surface area (Å²) in [6, 6.07) is 0. The van der Waals surface area contributed by atoms with Crippen LogP contribution in [-0.4, -0.2) is 92.5 Å². The number of carbonyl (C=O) groups is 1. The van der Waals surface area contributed by atoms with Gasteiger partial charge in [-0.15, -0.1) is 6.58 Å². The van der Waals surface area contributed by atoms with E-state index in [-0.39, 0.29) is 30.3 Å². The number of Topliss-reactive ketones (excluding diaryl/α,β-unsaturated/α-hetero) is 1. The zero-order valence-electron chi connectivity index (χ0n) is 20.7. The van der Waals surface area contributed by atoms with Crippen LogP contribution in [-0.2, 0) is 14.3 Å². The van der Waals surface area contributed by atoms with Crippen LogP contribution in [0.4, 0.5) is 0 Å². The number of carbonyl (C=O) groups excluding carboxylic acids is 1. The van der Waals surface area contributed by atoms with Crippen molar-refractivity contribution in [3.63, 3.8) is 0 Å². The predicted molar refractivity (Wildman–Crippen MR) is 125 cm³/mol. The number of hydrogen-bond donors (Lipinski definition) is 6. The molecule has 1 aliphatic heterocycles. The van der Waals surface area contributed by atoms with Crippen LogP contribution in [0.5, 0.6) is 0 Å². The molecule has 0 unspecified atom stereocenters. The number of allylic oxidation sites excluding steroid dienone is 2. The summed E-state index contributed by atoms with van der Waals surface area (Å²) in [4.78, 5) is 13.4. The molecule has 9 heteroatoms. The number of fused-ring (bicyclic) bond motifs is 3. The first-order chi connectivity index (χ1) is 16.3. The number of aliphatic hydroxyl groups excluding tert-OH is 6. The van der Waals surface area contributed by atoms with Gasteiger partial charge in [-0.1, -0.05) is 32.9 Å². The van der Waals surface area contributed by atoms with Crippen LogP contribution in [0.1, 0.15) is 46.5 Å². The van der Waals surface area contributed by atoms with E-state index in [4.69, 9.17) is 9.47 Å². The Morgan fingerprint density at radius 1 is 1.11 bits per heavy atom. The van der Waals surface area contributed by atoms with Gasteiger partial charge in [-0.3, -0.25) is 4.79 Å². The molecule has 0 spiro atoms. The van der Waals surface area contributed by atoms with Gasteiger partial charge < -0.3 is 40.1 Å². The van der Waals surface area contributed by atoms with Gasteiger partial charge in [0.25, 0.3) is 0 Å². The monoisotopic (exact) mass is 496 g/mol. The van der Waals surface area contributed by atoms with Crippen molar-refractivity contribution in [1.29, 1.82) is 0 Å². The highest BCUT2D eigenvalue weighted by Crippen LogP contribution is 2.63. The summed E-state index contributed by atoms with van der Waals surface area (Å²) in [5, 5.41) is 62.0. The van der Waals surface area contributed by atoms with Crippen LogP contribution < -0.4 is 0 Å². The van der Waals surface area contributed by atoms with Gasteiger partial charge in [-0.25, -0.2) is 0 Å². The maximum Gasteiger partial charge on any atom is 0.186 e. The number of hydrogen-bond acceptors (Lipinski definition) is 9. The lowest BCUT2D eigenvalue weighted by Crippen LogP contribution is -2.64. The van der Waals surface area contributed by atoms with Gasteiger partial charge in [0.1, 0.15) is 30.5 Å². The fraction of sp³-hybridized carbons (Fsp3) is 0.808. The van der Waals surface area contributed by atoms with Crippen LogP contribution >= 0.6 is 0 Å². The van der Waals surface area contributed by atoms with E-state index < -0.39 is 66.1 Å². The van der Waals surface area contributed by atoms with E-state index in [1.807, 2.05) is 6.08 Å². The number of ether oxygens (including phenoxy) is 2. The van der Waals surface area contributed by atoms with Crippen molar-refractivity contribution < 1.29 is 44.9 Å². The standard InChI is InChI=1S/C26H40O9/c1-5-24(2)7-6-14-13(9-24)15(28)8-18-25(14,3)10-16(29)22(33)26(18,4)12-34-23-21(32)20(31)19(30)17(11-27)35-23/h5,9,14-21,23,27-32H,1,6-8,10-12H2,2-4H3/t14-,15+,16+,17+,18+,19+,20+,21-,23+,24-,25+,26+/m0/s1. The zero-order valence-corrected chi connectivity index (χ0v) is 20.7. The van der Waals surface area contributed by atoms with Crippen molar-refractivity contribution in [1.82, 2.24) is 0 Å². The van der Waals surface area contributed by atoms with E-state index in [1.165, 1.54) is 0 Å². The van der Waals surface area contributed by atoms with E-state index in [1.54, 1.807) is 6.92 Å². The highest BCUT2D eigenvalue weighted by Gasteiger charge is 2.63. The number of aliphatic hydroxyl groups is 6. The number of rotatable bonds is 5. The second kappa shape index (κ2) is 9.29. The summed E-state index contributed by atoms with van der Waals surface area (Å²) >= 11 is 0. The molecule has 3 aliphatic carbocycles. The molecule has 3 fully saturated rings. The van der Waals surface area contributed by atoms with E-state index in [0.29, 0.717) is 6.42 Å². The van der Waals surface area contributed by atoms with Crippen LogP contribution in [0.25, 0.3) is 0 Å². The molecule has 35 heavy (non-hydrogen) atoms. The molecule has 0 amide bonds. The summed E-state index contributed by atoms with van der Waals surface area (Å²) in [5.41, 5.74) is -0.948. The highest BCUT2D eigenvalue weighted by atomic mass is 16.7. The molecule has 0 aromatic heterocycles. The topological polar surface area (TPSA) is 157 Å². The van der Waals surface area contributed by atoms with Gasteiger partial charge in [-0.2, -0.15) is 0 Å². The molecule has 2 saturated carbocycles. The predicted octanol–water partition coefficient (Wildman–Crippen LogP) is 0.0587. The number of ketones is 1. The Morgan fingerprint density at radius 2 is 1.80 bits per heavy atom. The Balaban J connectivity index is 1.62. The normalized spacial score (nSPS) is 52.3. The quantitative estimate of drug-likeness (QED) is 0.290. The minimum absolute atomic E-state index is 0.0152. The molecule has 6 N–H and O–H groups in total. The maximum atomic E-state index is 13.4. The Bertz CT molecular complexity index is 873.